The third-order valence-electron chi connectivity index (χ3n) is 2.52. The molecule has 2 heterocycles. The zero-order chi connectivity index (χ0) is 10.8. The smallest absolute Gasteiger partial charge is 0.254 e. The third-order valence-corrected chi connectivity index (χ3v) is 4.26. The average Bonchev–Trinajstić information content (AvgIpc) is 2.77. The van der Waals surface area contributed by atoms with E-state index in [1.807, 2.05) is 11.8 Å². The highest BCUT2D eigenvalue weighted by atomic mass is 79.9. The topological polar surface area (TPSA) is 42.2 Å². The van der Waals surface area contributed by atoms with E-state index in [1.54, 1.807) is 6.07 Å². The fraction of sp³-hybridized carbons (Fsp3) is 0.500. The normalized spacial score (nSPS) is 25.5. The number of hydrogen-bond acceptors (Lipinski definition) is 3. The van der Waals surface area contributed by atoms with Crippen LogP contribution in [0.1, 0.15) is 23.7 Å². The Morgan fingerprint density at radius 1 is 1.73 bits per heavy atom. The van der Waals surface area contributed by atoms with Crippen molar-refractivity contribution in [3.63, 3.8) is 0 Å². The number of nitrogens with one attached hydrogen (secondary N) is 1. The van der Waals surface area contributed by atoms with E-state index in [4.69, 9.17) is 4.42 Å². The van der Waals surface area contributed by atoms with E-state index in [9.17, 15) is 4.79 Å². The number of rotatable bonds is 2. The highest BCUT2D eigenvalue weighted by Gasteiger charge is 2.26. The first kappa shape index (κ1) is 11.1. The molecule has 15 heavy (non-hydrogen) atoms. The van der Waals surface area contributed by atoms with Crippen molar-refractivity contribution >= 4 is 33.6 Å². The summed E-state index contributed by atoms with van der Waals surface area (Å²) in [5.41, 5.74) is 0.575. The maximum Gasteiger partial charge on any atom is 0.254 e. The summed E-state index contributed by atoms with van der Waals surface area (Å²) < 4.78 is 5.61. The van der Waals surface area contributed by atoms with Gasteiger partial charge in [0.2, 0.25) is 0 Å². The fourth-order valence-corrected chi connectivity index (χ4v) is 3.14. The Morgan fingerprint density at radius 2 is 2.53 bits per heavy atom. The Kier molecular flexibility index (Phi) is 3.41. The molecule has 2 atom stereocenters. The van der Waals surface area contributed by atoms with Gasteiger partial charge in [0.05, 0.1) is 5.56 Å². The summed E-state index contributed by atoms with van der Waals surface area (Å²) in [6.45, 7) is 2.15. The van der Waals surface area contributed by atoms with Gasteiger partial charge in [-0.25, -0.2) is 0 Å². The van der Waals surface area contributed by atoms with Crippen molar-refractivity contribution < 1.29 is 9.21 Å². The molecular weight excluding hydrogens is 278 g/mol. The second-order valence-corrected chi connectivity index (χ2v) is 5.85. The second kappa shape index (κ2) is 4.61. The average molecular weight is 290 g/mol. The van der Waals surface area contributed by atoms with Crippen LogP contribution in [0.2, 0.25) is 0 Å². The molecule has 0 spiro atoms. The summed E-state index contributed by atoms with van der Waals surface area (Å²) in [4.78, 5) is 11.8. The van der Waals surface area contributed by atoms with Gasteiger partial charge in [-0.3, -0.25) is 4.79 Å². The van der Waals surface area contributed by atoms with E-state index in [2.05, 4.69) is 28.2 Å². The van der Waals surface area contributed by atoms with Gasteiger partial charge in [0.15, 0.2) is 4.67 Å². The molecule has 1 aromatic rings. The van der Waals surface area contributed by atoms with E-state index in [0.717, 1.165) is 12.2 Å². The van der Waals surface area contributed by atoms with Gasteiger partial charge >= 0.3 is 0 Å². The van der Waals surface area contributed by atoms with E-state index >= 15 is 0 Å². The van der Waals surface area contributed by atoms with Crippen LogP contribution in [0.3, 0.4) is 0 Å². The highest BCUT2D eigenvalue weighted by molar-refractivity contribution is 9.10. The third kappa shape index (κ3) is 2.58. The zero-order valence-electron chi connectivity index (χ0n) is 8.33. The minimum atomic E-state index is -0.0520. The Balaban J connectivity index is 1.97. The van der Waals surface area contributed by atoms with Crippen LogP contribution in [-0.4, -0.2) is 23.0 Å². The van der Waals surface area contributed by atoms with Crippen LogP contribution in [0, 0.1) is 0 Å². The Labute approximate surface area is 101 Å². The minimum absolute atomic E-state index is 0.0520. The SMILES string of the molecule is CC1SCCC1NC(=O)c1coc(Br)c1. The number of amides is 1. The molecule has 0 radical (unpaired) electrons. The molecule has 1 fully saturated rings. The van der Waals surface area contributed by atoms with Crippen LogP contribution in [0.5, 0.6) is 0 Å². The molecule has 1 aliphatic rings. The molecule has 5 heteroatoms. The molecule has 2 unspecified atom stereocenters. The number of thioether (sulfide) groups is 1. The lowest BCUT2D eigenvalue weighted by molar-refractivity contribution is 0.0937. The summed E-state index contributed by atoms with van der Waals surface area (Å²) >= 11 is 5.07. The first-order chi connectivity index (χ1) is 7.16. The number of carbonyl (C=O) groups excluding carboxylic acids is 1. The monoisotopic (exact) mass is 289 g/mol. The van der Waals surface area contributed by atoms with Crippen molar-refractivity contribution in [1.82, 2.24) is 5.32 Å². The lowest BCUT2D eigenvalue weighted by Gasteiger charge is -2.15. The molecular formula is C10H12BrNO2S. The molecule has 1 aliphatic heterocycles. The standard InChI is InChI=1S/C10H12BrNO2S/c1-6-8(2-3-15-6)12-10(13)7-4-9(11)14-5-7/h4-6,8H,2-3H2,1H3,(H,12,13). The van der Waals surface area contributed by atoms with Gasteiger partial charge in [-0.05, 0) is 28.1 Å². The van der Waals surface area contributed by atoms with E-state index < -0.39 is 0 Å². The van der Waals surface area contributed by atoms with Gasteiger partial charge in [0.25, 0.3) is 5.91 Å². The Hall–Kier alpha value is -0.420. The molecule has 1 amide bonds. The fourth-order valence-electron chi connectivity index (χ4n) is 1.60. The van der Waals surface area contributed by atoms with Crippen LogP contribution in [-0.2, 0) is 0 Å². The number of hydrogen-bond donors (Lipinski definition) is 1. The van der Waals surface area contributed by atoms with Crippen LogP contribution in [0.15, 0.2) is 21.4 Å². The van der Waals surface area contributed by atoms with Crippen LogP contribution in [0.4, 0.5) is 0 Å². The first-order valence-electron chi connectivity index (χ1n) is 4.83. The minimum Gasteiger partial charge on any atom is -0.457 e. The Morgan fingerprint density at radius 3 is 3.07 bits per heavy atom. The summed E-state index contributed by atoms with van der Waals surface area (Å²) in [6.07, 6.45) is 2.52. The van der Waals surface area contributed by atoms with E-state index in [-0.39, 0.29) is 11.9 Å². The van der Waals surface area contributed by atoms with Crippen molar-refractivity contribution in [2.45, 2.75) is 24.6 Å². The molecule has 82 valence electrons. The predicted molar refractivity (Wildman–Crippen MR) is 64.2 cm³/mol. The van der Waals surface area contributed by atoms with Gasteiger partial charge < -0.3 is 9.73 Å². The zero-order valence-corrected chi connectivity index (χ0v) is 10.7. The largest absolute Gasteiger partial charge is 0.457 e. The molecule has 0 bridgehead atoms. The summed E-state index contributed by atoms with van der Waals surface area (Å²) in [7, 11) is 0. The lowest BCUT2D eigenvalue weighted by atomic mass is 10.1. The van der Waals surface area contributed by atoms with Gasteiger partial charge in [0, 0.05) is 17.4 Å². The summed E-state index contributed by atoms with van der Waals surface area (Å²) in [6, 6.07) is 1.97. The van der Waals surface area contributed by atoms with Crippen molar-refractivity contribution in [2.24, 2.45) is 0 Å². The molecule has 0 aromatic carbocycles. The quantitative estimate of drug-likeness (QED) is 0.910. The number of carbonyl (C=O) groups is 1. The first-order valence-corrected chi connectivity index (χ1v) is 6.67. The molecule has 1 N–H and O–H groups in total. The molecule has 1 aromatic heterocycles. The van der Waals surface area contributed by atoms with Crippen molar-refractivity contribution in [3.8, 4) is 0 Å². The van der Waals surface area contributed by atoms with Crippen molar-refractivity contribution in [3.05, 3.63) is 22.6 Å². The summed E-state index contributed by atoms with van der Waals surface area (Å²) in [5, 5.41) is 3.52. The Bertz CT molecular complexity index is 366. The maximum absolute atomic E-state index is 11.8. The highest BCUT2D eigenvalue weighted by Crippen LogP contribution is 2.26. The van der Waals surface area contributed by atoms with E-state index in [0.29, 0.717) is 15.5 Å². The lowest BCUT2D eigenvalue weighted by Crippen LogP contribution is -2.38. The molecule has 2 rings (SSSR count). The maximum atomic E-state index is 11.8. The number of halogens is 1. The van der Waals surface area contributed by atoms with Crippen molar-refractivity contribution in [1.29, 1.82) is 0 Å². The van der Waals surface area contributed by atoms with E-state index in [1.165, 1.54) is 6.26 Å². The van der Waals surface area contributed by atoms with Crippen molar-refractivity contribution in [2.75, 3.05) is 5.75 Å². The summed E-state index contributed by atoms with van der Waals surface area (Å²) in [5.74, 6) is 1.07. The van der Waals surface area contributed by atoms with Gasteiger partial charge in [-0.1, -0.05) is 6.92 Å². The molecule has 0 saturated carbocycles. The molecule has 3 nitrogen and oxygen atoms in total. The van der Waals surface area contributed by atoms with Gasteiger partial charge in [-0.2, -0.15) is 11.8 Å². The number of furan rings is 1. The van der Waals surface area contributed by atoms with Gasteiger partial charge in [-0.15, -0.1) is 0 Å². The van der Waals surface area contributed by atoms with Crippen LogP contribution in [0.25, 0.3) is 0 Å². The molecule has 1 saturated heterocycles. The van der Waals surface area contributed by atoms with Gasteiger partial charge in [0.1, 0.15) is 6.26 Å². The van der Waals surface area contributed by atoms with Crippen LogP contribution >= 0.6 is 27.7 Å². The molecule has 0 aliphatic carbocycles. The second-order valence-electron chi connectivity index (χ2n) is 3.58. The van der Waals surface area contributed by atoms with Crippen LogP contribution < -0.4 is 5.32 Å². The predicted octanol–water partition coefficient (Wildman–Crippen LogP) is 2.67.